The summed E-state index contributed by atoms with van der Waals surface area (Å²) in [5.41, 5.74) is 4.02. The molecule has 1 amide bonds. The molecule has 0 saturated heterocycles. The standard InChI is InChI=1S/C22H15NO3/c1-13(24)14-6-4-7-15(12-14)23-22(26)19-11-5-10-17-16-8-2-3-9-18(16)21(25)20(17)19/h2-12H,1H3,(H,23,26). The average molecular weight is 341 g/mol. The molecule has 0 fully saturated rings. The molecule has 0 aliphatic heterocycles. The summed E-state index contributed by atoms with van der Waals surface area (Å²) in [5.74, 6) is -0.588. The van der Waals surface area contributed by atoms with Crippen LogP contribution in [-0.2, 0) is 0 Å². The Labute approximate surface area is 150 Å². The lowest BCUT2D eigenvalue weighted by Crippen LogP contribution is -2.16. The van der Waals surface area contributed by atoms with Crippen LogP contribution in [0.25, 0.3) is 11.1 Å². The van der Waals surface area contributed by atoms with Crippen LogP contribution in [0.1, 0.15) is 43.6 Å². The maximum Gasteiger partial charge on any atom is 0.256 e. The lowest BCUT2D eigenvalue weighted by Gasteiger charge is -2.09. The van der Waals surface area contributed by atoms with Crippen molar-refractivity contribution in [2.24, 2.45) is 0 Å². The smallest absolute Gasteiger partial charge is 0.256 e. The molecule has 0 heterocycles. The van der Waals surface area contributed by atoms with Gasteiger partial charge in [0.05, 0.1) is 5.56 Å². The van der Waals surface area contributed by atoms with Crippen LogP contribution >= 0.6 is 0 Å². The van der Waals surface area contributed by atoms with Crippen molar-refractivity contribution in [1.82, 2.24) is 0 Å². The fraction of sp³-hybridized carbons (Fsp3) is 0.0455. The average Bonchev–Trinajstić information content (AvgIpc) is 2.95. The van der Waals surface area contributed by atoms with Gasteiger partial charge in [-0.2, -0.15) is 0 Å². The molecule has 26 heavy (non-hydrogen) atoms. The topological polar surface area (TPSA) is 63.2 Å². The third kappa shape index (κ3) is 2.52. The first-order chi connectivity index (χ1) is 12.6. The first-order valence-corrected chi connectivity index (χ1v) is 8.26. The Morgan fingerprint density at radius 2 is 1.50 bits per heavy atom. The Morgan fingerprint density at radius 3 is 2.27 bits per heavy atom. The predicted molar refractivity (Wildman–Crippen MR) is 99.7 cm³/mol. The number of rotatable bonds is 3. The van der Waals surface area contributed by atoms with Crippen LogP contribution in [0.3, 0.4) is 0 Å². The van der Waals surface area contributed by atoms with Crippen LogP contribution < -0.4 is 5.32 Å². The molecule has 0 unspecified atom stereocenters. The van der Waals surface area contributed by atoms with Gasteiger partial charge in [0.25, 0.3) is 5.91 Å². The second-order valence-corrected chi connectivity index (χ2v) is 6.19. The zero-order chi connectivity index (χ0) is 18.3. The van der Waals surface area contributed by atoms with Gasteiger partial charge in [0.15, 0.2) is 11.6 Å². The fourth-order valence-corrected chi connectivity index (χ4v) is 3.28. The molecule has 1 aliphatic carbocycles. The summed E-state index contributed by atoms with van der Waals surface area (Å²) in [6, 6.07) is 19.4. The van der Waals surface area contributed by atoms with E-state index in [2.05, 4.69) is 5.32 Å². The number of carbonyl (C=O) groups excluding carboxylic acids is 3. The number of amides is 1. The zero-order valence-corrected chi connectivity index (χ0v) is 14.1. The van der Waals surface area contributed by atoms with Crippen molar-refractivity contribution in [3.63, 3.8) is 0 Å². The first-order valence-electron chi connectivity index (χ1n) is 8.26. The second kappa shape index (κ2) is 6.08. The number of hydrogen-bond donors (Lipinski definition) is 1. The van der Waals surface area contributed by atoms with E-state index in [9.17, 15) is 14.4 Å². The minimum atomic E-state index is -0.372. The minimum absolute atomic E-state index is 0.0765. The SMILES string of the molecule is CC(=O)c1cccc(NC(=O)c2cccc3c2C(=O)c2ccccc2-3)c1. The van der Waals surface area contributed by atoms with Crippen molar-refractivity contribution in [2.45, 2.75) is 6.92 Å². The number of fused-ring (bicyclic) bond motifs is 3. The molecule has 0 radical (unpaired) electrons. The van der Waals surface area contributed by atoms with Crippen LogP contribution in [0, 0.1) is 0 Å². The van der Waals surface area contributed by atoms with E-state index in [1.54, 1.807) is 42.5 Å². The second-order valence-electron chi connectivity index (χ2n) is 6.19. The maximum absolute atomic E-state index is 12.8. The molecular weight excluding hydrogens is 326 g/mol. The summed E-state index contributed by atoms with van der Waals surface area (Å²) in [4.78, 5) is 37.1. The van der Waals surface area contributed by atoms with Crippen molar-refractivity contribution in [2.75, 3.05) is 5.32 Å². The lowest BCUT2D eigenvalue weighted by molar-refractivity contribution is 0.0998. The van der Waals surface area contributed by atoms with Crippen molar-refractivity contribution in [1.29, 1.82) is 0 Å². The lowest BCUT2D eigenvalue weighted by atomic mass is 10.00. The van der Waals surface area contributed by atoms with Crippen molar-refractivity contribution in [3.8, 4) is 11.1 Å². The van der Waals surface area contributed by atoms with Crippen molar-refractivity contribution < 1.29 is 14.4 Å². The quantitative estimate of drug-likeness (QED) is 0.563. The highest BCUT2D eigenvalue weighted by Crippen LogP contribution is 2.38. The normalized spacial score (nSPS) is 11.7. The Bertz CT molecular complexity index is 1080. The summed E-state index contributed by atoms with van der Waals surface area (Å²) in [6.45, 7) is 1.47. The Morgan fingerprint density at radius 1 is 0.808 bits per heavy atom. The van der Waals surface area contributed by atoms with E-state index in [4.69, 9.17) is 0 Å². The van der Waals surface area contributed by atoms with Crippen LogP contribution in [0.15, 0.2) is 66.7 Å². The largest absolute Gasteiger partial charge is 0.322 e. The highest BCUT2D eigenvalue weighted by molar-refractivity contribution is 6.26. The highest BCUT2D eigenvalue weighted by Gasteiger charge is 2.30. The molecule has 3 aromatic carbocycles. The van der Waals surface area contributed by atoms with Crippen LogP contribution in [0.4, 0.5) is 5.69 Å². The number of hydrogen-bond acceptors (Lipinski definition) is 3. The number of carbonyl (C=O) groups is 3. The molecule has 4 nitrogen and oxygen atoms in total. The van der Waals surface area contributed by atoms with Crippen molar-refractivity contribution >= 4 is 23.2 Å². The van der Waals surface area contributed by atoms with Gasteiger partial charge in [-0.15, -0.1) is 0 Å². The first kappa shape index (κ1) is 16.0. The molecule has 0 bridgehead atoms. The third-order valence-corrected chi connectivity index (χ3v) is 4.52. The highest BCUT2D eigenvalue weighted by atomic mass is 16.2. The van der Waals surface area contributed by atoms with Crippen LogP contribution in [0.5, 0.6) is 0 Å². The van der Waals surface area contributed by atoms with Gasteiger partial charge >= 0.3 is 0 Å². The summed E-state index contributed by atoms with van der Waals surface area (Å²) < 4.78 is 0. The van der Waals surface area contributed by atoms with E-state index >= 15 is 0 Å². The molecule has 0 spiro atoms. The molecule has 1 N–H and O–H groups in total. The molecule has 1 aliphatic rings. The summed E-state index contributed by atoms with van der Waals surface area (Å²) in [7, 11) is 0. The van der Waals surface area contributed by atoms with E-state index in [1.165, 1.54) is 6.92 Å². The van der Waals surface area contributed by atoms with E-state index in [0.717, 1.165) is 11.1 Å². The van der Waals surface area contributed by atoms with E-state index in [-0.39, 0.29) is 17.5 Å². The number of ketones is 2. The van der Waals surface area contributed by atoms with Crippen LogP contribution in [-0.4, -0.2) is 17.5 Å². The molecular formula is C22H15NO3. The molecule has 4 rings (SSSR count). The Kier molecular flexibility index (Phi) is 3.73. The van der Waals surface area contributed by atoms with E-state index in [1.807, 2.05) is 24.3 Å². The zero-order valence-electron chi connectivity index (χ0n) is 14.1. The summed E-state index contributed by atoms with van der Waals surface area (Å²) in [5, 5.41) is 2.79. The van der Waals surface area contributed by atoms with Gasteiger partial charge < -0.3 is 5.32 Å². The number of nitrogens with one attached hydrogen (secondary N) is 1. The number of Topliss-reactive ketones (excluding diaryl/α,β-unsaturated/α-hetero) is 1. The summed E-state index contributed by atoms with van der Waals surface area (Å²) >= 11 is 0. The molecule has 126 valence electrons. The molecule has 0 atom stereocenters. The van der Waals surface area contributed by atoms with Gasteiger partial charge in [0, 0.05) is 22.4 Å². The third-order valence-electron chi connectivity index (χ3n) is 4.52. The monoisotopic (exact) mass is 341 g/mol. The number of anilines is 1. The van der Waals surface area contributed by atoms with E-state index in [0.29, 0.717) is 27.9 Å². The Balaban J connectivity index is 1.72. The Hall–Kier alpha value is -3.53. The fourth-order valence-electron chi connectivity index (χ4n) is 3.28. The molecule has 0 saturated carbocycles. The van der Waals surface area contributed by atoms with Crippen LogP contribution in [0.2, 0.25) is 0 Å². The van der Waals surface area contributed by atoms with Gasteiger partial charge in [-0.3, -0.25) is 14.4 Å². The van der Waals surface area contributed by atoms with Gasteiger partial charge in [0.1, 0.15) is 0 Å². The van der Waals surface area contributed by atoms with Gasteiger partial charge in [-0.25, -0.2) is 0 Å². The maximum atomic E-state index is 12.8. The van der Waals surface area contributed by atoms with E-state index < -0.39 is 0 Å². The molecule has 3 aromatic rings. The molecule has 0 aromatic heterocycles. The number of benzene rings is 3. The minimum Gasteiger partial charge on any atom is -0.322 e. The molecule has 4 heteroatoms. The van der Waals surface area contributed by atoms with Gasteiger partial charge in [0.2, 0.25) is 0 Å². The summed E-state index contributed by atoms with van der Waals surface area (Å²) in [6.07, 6.45) is 0. The van der Waals surface area contributed by atoms with Crippen molar-refractivity contribution in [3.05, 3.63) is 89.0 Å². The van der Waals surface area contributed by atoms with Gasteiger partial charge in [-0.1, -0.05) is 48.5 Å². The predicted octanol–water partition coefficient (Wildman–Crippen LogP) is 4.35. The van der Waals surface area contributed by atoms with Gasteiger partial charge in [-0.05, 0) is 36.2 Å².